The number of hydrogen-bond acceptors (Lipinski definition) is 4. The van der Waals surface area contributed by atoms with Crippen LogP contribution in [0.5, 0.6) is 0 Å². The first kappa shape index (κ1) is 20.1. The average molecular weight is 387 g/mol. The molecule has 2 aromatic rings. The van der Waals surface area contributed by atoms with E-state index in [-0.39, 0.29) is 30.1 Å². The van der Waals surface area contributed by atoms with E-state index in [1.54, 1.807) is 29.6 Å². The highest BCUT2D eigenvalue weighted by Crippen LogP contribution is 2.18. The number of benzene rings is 1. The zero-order chi connectivity index (χ0) is 20.1. The molecule has 3 rings (SSSR count). The summed E-state index contributed by atoms with van der Waals surface area (Å²) in [6.07, 6.45) is 3.35. The number of carbonyl (C=O) groups is 2. The van der Waals surface area contributed by atoms with Gasteiger partial charge in [-0.25, -0.2) is 4.39 Å². The van der Waals surface area contributed by atoms with Crippen molar-refractivity contribution in [1.82, 2.24) is 15.1 Å². The quantitative estimate of drug-likeness (QED) is 0.793. The first-order valence-corrected chi connectivity index (χ1v) is 9.51. The summed E-state index contributed by atoms with van der Waals surface area (Å²) in [7, 11) is 0. The van der Waals surface area contributed by atoms with Gasteiger partial charge in [-0.3, -0.25) is 14.5 Å². The first-order chi connectivity index (χ1) is 13.4. The zero-order valence-corrected chi connectivity index (χ0v) is 16.2. The van der Waals surface area contributed by atoms with Crippen molar-refractivity contribution < 1.29 is 18.4 Å². The molecule has 150 valence electrons. The highest BCUT2D eigenvalue weighted by atomic mass is 19.1. The van der Waals surface area contributed by atoms with Gasteiger partial charge in [-0.1, -0.05) is 12.1 Å². The zero-order valence-electron chi connectivity index (χ0n) is 16.2. The molecule has 0 radical (unpaired) electrons. The van der Waals surface area contributed by atoms with Gasteiger partial charge in [0.25, 0.3) is 0 Å². The third-order valence-electron chi connectivity index (χ3n) is 4.99. The fraction of sp³-hybridized carbons (Fsp3) is 0.429. The highest BCUT2D eigenvalue weighted by Gasteiger charge is 2.33. The second kappa shape index (κ2) is 9.01. The Morgan fingerprint density at radius 2 is 2.04 bits per heavy atom. The number of amides is 2. The Bertz CT molecular complexity index is 790. The van der Waals surface area contributed by atoms with Crippen LogP contribution in [0.1, 0.15) is 31.4 Å². The third kappa shape index (κ3) is 4.98. The highest BCUT2D eigenvalue weighted by molar-refractivity contribution is 5.89. The molecule has 1 aliphatic heterocycles. The Labute approximate surface area is 164 Å². The van der Waals surface area contributed by atoms with E-state index in [2.05, 4.69) is 5.32 Å². The molecule has 2 amide bonds. The van der Waals surface area contributed by atoms with E-state index in [9.17, 15) is 14.0 Å². The van der Waals surface area contributed by atoms with Gasteiger partial charge in [0, 0.05) is 37.8 Å². The molecule has 1 fully saturated rings. The van der Waals surface area contributed by atoms with Crippen LogP contribution in [0.3, 0.4) is 0 Å². The normalized spacial score (nSPS) is 17.6. The van der Waals surface area contributed by atoms with Crippen molar-refractivity contribution in [3.8, 4) is 0 Å². The van der Waals surface area contributed by atoms with Crippen molar-refractivity contribution in [2.24, 2.45) is 0 Å². The summed E-state index contributed by atoms with van der Waals surface area (Å²) in [4.78, 5) is 29.3. The van der Waals surface area contributed by atoms with Crippen molar-refractivity contribution >= 4 is 11.8 Å². The molecule has 7 heteroatoms. The van der Waals surface area contributed by atoms with E-state index in [0.717, 1.165) is 11.1 Å². The van der Waals surface area contributed by atoms with Crippen molar-refractivity contribution in [2.45, 2.75) is 45.4 Å². The number of nitrogens with zero attached hydrogens (tertiary/aromatic N) is 2. The molecule has 6 nitrogen and oxygen atoms in total. The molecule has 1 saturated heterocycles. The van der Waals surface area contributed by atoms with Crippen LogP contribution in [0.4, 0.5) is 4.39 Å². The van der Waals surface area contributed by atoms with Crippen LogP contribution in [0.15, 0.2) is 47.3 Å². The Kier molecular flexibility index (Phi) is 6.46. The van der Waals surface area contributed by atoms with Gasteiger partial charge in [-0.2, -0.15) is 0 Å². The maximum atomic E-state index is 13.2. The lowest BCUT2D eigenvalue weighted by Gasteiger charge is -2.36. The van der Waals surface area contributed by atoms with E-state index >= 15 is 0 Å². The van der Waals surface area contributed by atoms with Crippen LogP contribution in [0.2, 0.25) is 0 Å². The lowest BCUT2D eigenvalue weighted by molar-refractivity contribution is -0.140. The number of halogens is 1. The molecular formula is C21H26FN3O3. The lowest BCUT2D eigenvalue weighted by Crippen LogP contribution is -2.56. The second-order valence-electron chi connectivity index (χ2n) is 7.35. The molecule has 1 atom stereocenters. The van der Waals surface area contributed by atoms with E-state index in [0.29, 0.717) is 26.2 Å². The maximum Gasteiger partial charge on any atom is 0.237 e. The average Bonchev–Trinajstić information content (AvgIpc) is 3.16. The lowest BCUT2D eigenvalue weighted by atomic mass is 10.1. The monoisotopic (exact) mass is 387 g/mol. The molecule has 1 N–H and O–H groups in total. The molecule has 1 aromatic heterocycles. The molecule has 0 spiro atoms. The molecule has 1 aliphatic rings. The summed E-state index contributed by atoms with van der Waals surface area (Å²) in [5.41, 5.74) is 1.82. The molecule has 0 saturated carbocycles. The van der Waals surface area contributed by atoms with Crippen molar-refractivity contribution in [1.29, 1.82) is 0 Å². The van der Waals surface area contributed by atoms with Crippen molar-refractivity contribution in [2.75, 3.05) is 13.1 Å². The van der Waals surface area contributed by atoms with Crippen LogP contribution in [0.25, 0.3) is 0 Å². The largest absolute Gasteiger partial charge is 0.472 e. The molecular weight excluding hydrogens is 361 g/mol. The smallest absolute Gasteiger partial charge is 0.237 e. The first-order valence-electron chi connectivity index (χ1n) is 9.51. The summed E-state index contributed by atoms with van der Waals surface area (Å²) in [6, 6.07) is 7.43. The number of piperazine rings is 1. The molecule has 0 bridgehead atoms. The molecule has 1 unspecified atom stereocenters. The minimum absolute atomic E-state index is 0.0356. The third-order valence-corrected chi connectivity index (χ3v) is 4.99. The Morgan fingerprint density at radius 1 is 1.29 bits per heavy atom. The fourth-order valence-corrected chi connectivity index (χ4v) is 3.42. The van der Waals surface area contributed by atoms with Gasteiger partial charge in [-0.15, -0.1) is 0 Å². The van der Waals surface area contributed by atoms with Crippen molar-refractivity contribution in [3.05, 3.63) is 59.8 Å². The van der Waals surface area contributed by atoms with Gasteiger partial charge in [0.1, 0.15) is 5.82 Å². The van der Waals surface area contributed by atoms with Gasteiger partial charge in [0.15, 0.2) is 0 Å². The Hall–Kier alpha value is -2.67. The van der Waals surface area contributed by atoms with Crippen LogP contribution in [-0.4, -0.2) is 46.8 Å². The van der Waals surface area contributed by atoms with E-state index in [4.69, 9.17) is 4.42 Å². The summed E-state index contributed by atoms with van der Waals surface area (Å²) in [6.45, 7) is 6.05. The number of nitrogens with one attached hydrogen (secondary N) is 1. The topological polar surface area (TPSA) is 65.8 Å². The second-order valence-corrected chi connectivity index (χ2v) is 7.35. The number of hydrogen-bond donors (Lipinski definition) is 1. The van der Waals surface area contributed by atoms with Gasteiger partial charge in [0.2, 0.25) is 11.8 Å². The predicted molar refractivity (Wildman–Crippen MR) is 103 cm³/mol. The molecule has 2 heterocycles. The Balaban J connectivity index is 1.70. The summed E-state index contributed by atoms with van der Waals surface area (Å²) < 4.78 is 18.3. The summed E-state index contributed by atoms with van der Waals surface area (Å²) >= 11 is 0. The SMILES string of the molecule is CC(C)N(Cc1ccc(F)cc1)C(=O)CC1C(=O)NCCN1Cc1ccoc1. The van der Waals surface area contributed by atoms with Crippen LogP contribution >= 0.6 is 0 Å². The van der Waals surface area contributed by atoms with Gasteiger partial charge in [-0.05, 0) is 37.6 Å². The van der Waals surface area contributed by atoms with E-state index < -0.39 is 6.04 Å². The number of furan rings is 1. The number of carbonyl (C=O) groups excluding carboxylic acids is 2. The maximum absolute atomic E-state index is 13.2. The van der Waals surface area contributed by atoms with Gasteiger partial charge >= 0.3 is 0 Å². The standard InChI is InChI=1S/C21H26FN3O3/c1-15(2)25(13-16-3-5-18(22)6-4-16)20(26)11-19-21(27)23-8-9-24(19)12-17-7-10-28-14-17/h3-7,10,14-15,19H,8-9,11-13H2,1-2H3,(H,23,27). The Morgan fingerprint density at radius 3 is 2.68 bits per heavy atom. The van der Waals surface area contributed by atoms with E-state index in [1.165, 1.54) is 12.1 Å². The van der Waals surface area contributed by atoms with Crippen molar-refractivity contribution in [3.63, 3.8) is 0 Å². The van der Waals surface area contributed by atoms with E-state index in [1.807, 2.05) is 24.8 Å². The minimum atomic E-state index is -0.523. The van der Waals surface area contributed by atoms with Gasteiger partial charge < -0.3 is 14.6 Å². The van der Waals surface area contributed by atoms with Crippen LogP contribution in [-0.2, 0) is 22.7 Å². The molecule has 0 aliphatic carbocycles. The molecule has 28 heavy (non-hydrogen) atoms. The molecule has 1 aromatic carbocycles. The predicted octanol–water partition coefficient (Wildman–Crippen LogP) is 2.55. The number of rotatable bonds is 7. The fourth-order valence-electron chi connectivity index (χ4n) is 3.42. The van der Waals surface area contributed by atoms with Crippen LogP contribution < -0.4 is 5.32 Å². The summed E-state index contributed by atoms with van der Waals surface area (Å²) in [5, 5.41) is 2.85. The van der Waals surface area contributed by atoms with Gasteiger partial charge in [0.05, 0.1) is 25.0 Å². The summed E-state index contributed by atoms with van der Waals surface area (Å²) in [5.74, 6) is -0.535. The minimum Gasteiger partial charge on any atom is -0.472 e. The van der Waals surface area contributed by atoms with Crippen LogP contribution in [0, 0.1) is 5.82 Å².